The highest BCUT2D eigenvalue weighted by Crippen LogP contribution is 2.28. The van der Waals surface area contributed by atoms with Crippen molar-refractivity contribution >= 4 is 16.6 Å². The fourth-order valence-electron chi connectivity index (χ4n) is 2.05. The molecule has 0 amide bonds. The Hall–Kier alpha value is -2.75. The van der Waals surface area contributed by atoms with E-state index in [0.29, 0.717) is 12.3 Å². The monoisotopic (exact) mass is 266 g/mol. The number of rotatable bonds is 3. The highest BCUT2D eigenvalue weighted by Gasteiger charge is 2.06. The van der Waals surface area contributed by atoms with Gasteiger partial charge in [0.1, 0.15) is 18.1 Å². The number of pyridine rings is 1. The summed E-state index contributed by atoms with van der Waals surface area (Å²) in [6, 6.07) is 14.4. The van der Waals surface area contributed by atoms with E-state index in [2.05, 4.69) is 4.98 Å². The molecule has 3 N–H and O–H groups in total. The van der Waals surface area contributed by atoms with Crippen molar-refractivity contribution in [2.45, 2.75) is 6.61 Å². The number of ether oxygens (including phenoxy) is 1. The van der Waals surface area contributed by atoms with Gasteiger partial charge in [-0.05, 0) is 42.0 Å². The van der Waals surface area contributed by atoms with Crippen molar-refractivity contribution < 1.29 is 9.84 Å². The highest BCUT2D eigenvalue weighted by molar-refractivity contribution is 5.93. The molecule has 100 valence electrons. The van der Waals surface area contributed by atoms with Gasteiger partial charge in [-0.15, -0.1) is 0 Å². The summed E-state index contributed by atoms with van der Waals surface area (Å²) in [5.74, 6) is 0.992. The summed E-state index contributed by atoms with van der Waals surface area (Å²) in [5, 5.41) is 10.1. The zero-order valence-electron chi connectivity index (χ0n) is 10.8. The molecular weight excluding hydrogens is 252 g/mol. The predicted octanol–water partition coefficient (Wildman–Crippen LogP) is 3.10. The third-order valence-corrected chi connectivity index (χ3v) is 3.09. The average Bonchev–Trinajstić information content (AvgIpc) is 2.49. The van der Waals surface area contributed by atoms with E-state index in [-0.39, 0.29) is 5.75 Å². The quantitative estimate of drug-likeness (QED) is 0.715. The van der Waals surface area contributed by atoms with Crippen LogP contribution in [0.5, 0.6) is 11.5 Å². The number of nitrogen functional groups attached to an aromatic ring is 1. The number of phenolic OH excluding ortho intramolecular Hbond substituents is 1. The summed E-state index contributed by atoms with van der Waals surface area (Å²) in [6.07, 6.45) is 1.71. The minimum atomic E-state index is 0.246. The fourth-order valence-corrected chi connectivity index (χ4v) is 2.05. The molecule has 0 saturated carbocycles. The molecule has 4 heteroatoms. The van der Waals surface area contributed by atoms with Gasteiger partial charge in [-0.1, -0.05) is 12.1 Å². The predicted molar refractivity (Wildman–Crippen MR) is 78.6 cm³/mol. The number of nitrogens with zero attached hydrogens (tertiary/aromatic N) is 1. The van der Waals surface area contributed by atoms with Gasteiger partial charge in [0, 0.05) is 11.6 Å². The fraction of sp³-hybridized carbons (Fsp3) is 0.0625. The van der Waals surface area contributed by atoms with Crippen LogP contribution in [0, 0.1) is 0 Å². The topological polar surface area (TPSA) is 68.4 Å². The van der Waals surface area contributed by atoms with Crippen molar-refractivity contribution in [1.29, 1.82) is 0 Å². The molecule has 1 heterocycles. The number of anilines is 1. The largest absolute Gasteiger partial charge is 0.508 e. The van der Waals surface area contributed by atoms with E-state index in [1.807, 2.05) is 30.3 Å². The number of benzene rings is 2. The molecule has 0 saturated heterocycles. The lowest BCUT2D eigenvalue weighted by Gasteiger charge is -2.10. The lowest BCUT2D eigenvalue weighted by molar-refractivity contribution is 0.310. The van der Waals surface area contributed by atoms with E-state index in [9.17, 15) is 5.11 Å². The SMILES string of the molecule is Nc1ccc(OCc2ccc(O)cc2)c2cccnc12. The van der Waals surface area contributed by atoms with Gasteiger partial charge in [0.25, 0.3) is 0 Å². The third kappa shape index (κ3) is 2.36. The first kappa shape index (κ1) is 12.3. The second-order valence-electron chi connectivity index (χ2n) is 4.51. The van der Waals surface area contributed by atoms with Crippen molar-refractivity contribution in [2.75, 3.05) is 5.73 Å². The van der Waals surface area contributed by atoms with E-state index in [1.54, 1.807) is 24.4 Å². The summed E-state index contributed by atoms with van der Waals surface area (Å²) in [4.78, 5) is 4.27. The van der Waals surface area contributed by atoms with Gasteiger partial charge in [-0.3, -0.25) is 4.98 Å². The van der Waals surface area contributed by atoms with Gasteiger partial charge in [0.2, 0.25) is 0 Å². The van der Waals surface area contributed by atoms with Crippen LogP contribution in [-0.2, 0) is 6.61 Å². The second-order valence-corrected chi connectivity index (χ2v) is 4.51. The Morgan fingerprint density at radius 2 is 1.85 bits per heavy atom. The van der Waals surface area contributed by atoms with Crippen LogP contribution in [0.25, 0.3) is 10.9 Å². The van der Waals surface area contributed by atoms with E-state index in [1.165, 1.54) is 0 Å². The molecule has 2 aromatic carbocycles. The standard InChI is InChI=1S/C16H14N2O2/c17-14-7-8-15(13-2-1-9-18-16(13)14)20-10-11-3-5-12(19)6-4-11/h1-9,19H,10,17H2. The Morgan fingerprint density at radius 3 is 2.65 bits per heavy atom. The molecule has 0 aliphatic heterocycles. The Kier molecular flexibility index (Phi) is 3.13. The Balaban J connectivity index is 1.88. The first-order valence-electron chi connectivity index (χ1n) is 6.28. The lowest BCUT2D eigenvalue weighted by atomic mass is 10.1. The summed E-state index contributed by atoms with van der Waals surface area (Å²) < 4.78 is 5.82. The number of phenols is 1. The van der Waals surface area contributed by atoms with Crippen molar-refractivity contribution in [3.05, 3.63) is 60.3 Å². The molecule has 0 radical (unpaired) electrons. The van der Waals surface area contributed by atoms with Crippen molar-refractivity contribution in [1.82, 2.24) is 4.98 Å². The van der Waals surface area contributed by atoms with Gasteiger partial charge in [0.15, 0.2) is 0 Å². The van der Waals surface area contributed by atoms with Crippen LogP contribution in [-0.4, -0.2) is 10.1 Å². The number of nitrogens with two attached hydrogens (primary N) is 1. The minimum absolute atomic E-state index is 0.246. The molecular formula is C16H14N2O2. The van der Waals surface area contributed by atoms with Crippen molar-refractivity contribution in [3.8, 4) is 11.5 Å². The zero-order chi connectivity index (χ0) is 13.9. The maximum absolute atomic E-state index is 9.25. The van der Waals surface area contributed by atoms with Gasteiger partial charge in [-0.2, -0.15) is 0 Å². The zero-order valence-corrected chi connectivity index (χ0v) is 10.8. The van der Waals surface area contributed by atoms with Crippen LogP contribution in [0.2, 0.25) is 0 Å². The van der Waals surface area contributed by atoms with Crippen LogP contribution in [0.15, 0.2) is 54.7 Å². The number of aromatic nitrogens is 1. The van der Waals surface area contributed by atoms with Gasteiger partial charge in [0.05, 0.1) is 11.2 Å². The van der Waals surface area contributed by atoms with E-state index >= 15 is 0 Å². The van der Waals surface area contributed by atoms with E-state index in [4.69, 9.17) is 10.5 Å². The second kappa shape index (κ2) is 5.09. The number of hydrogen-bond donors (Lipinski definition) is 2. The molecule has 0 fully saturated rings. The smallest absolute Gasteiger partial charge is 0.129 e. The number of fused-ring (bicyclic) bond motifs is 1. The minimum Gasteiger partial charge on any atom is -0.508 e. The molecule has 4 nitrogen and oxygen atoms in total. The Morgan fingerprint density at radius 1 is 1.05 bits per heavy atom. The molecule has 3 rings (SSSR count). The van der Waals surface area contributed by atoms with Crippen LogP contribution in [0.1, 0.15) is 5.56 Å². The first-order chi connectivity index (χ1) is 9.74. The Bertz CT molecular complexity index is 739. The highest BCUT2D eigenvalue weighted by atomic mass is 16.5. The summed E-state index contributed by atoms with van der Waals surface area (Å²) in [6.45, 7) is 0.425. The molecule has 0 aliphatic rings. The summed E-state index contributed by atoms with van der Waals surface area (Å²) in [5.41, 5.74) is 8.27. The van der Waals surface area contributed by atoms with Crippen LogP contribution in [0.3, 0.4) is 0 Å². The average molecular weight is 266 g/mol. The molecule has 0 spiro atoms. The van der Waals surface area contributed by atoms with Crippen LogP contribution < -0.4 is 10.5 Å². The lowest BCUT2D eigenvalue weighted by Crippen LogP contribution is -1.97. The normalized spacial score (nSPS) is 10.6. The molecule has 0 aliphatic carbocycles. The van der Waals surface area contributed by atoms with Crippen molar-refractivity contribution in [3.63, 3.8) is 0 Å². The first-order valence-corrected chi connectivity index (χ1v) is 6.28. The number of aromatic hydroxyl groups is 1. The molecule has 3 aromatic rings. The summed E-state index contributed by atoms with van der Waals surface area (Å²) >= 11 is 0. The summed E-state index contributed by atoms with van der Waals surface area (Å²) in [7, 11) is 0. The van der Waals surface area contributed by atoms with Crippen LogP contribution >= 0.6 is 0 Å². The van der Waals surface area contributed by atoms with Gasteiger partial charge >= 0.3 is 0 Å². The van der Waals surface area contributed by atoms with Gasteiger partial charge < -0.3 is 15.6 Å². The Labute approximate surface area is 116 Å². The molecule has 20 heavy (non-hydrogen) atoms. The van der Waals surface area contributed by atoms with E-state index in [0.717, 1.165) is 22.2 Å². The molecule has 0 bridgehead atoms. The third-order valence-electron chi connectivity index (χ3n) is 3.09. The van der Waals surface area contributed by atoms with Crippen LogP contribution in [0.4, 0.5) is 5.69 Å². The molecule has 0 atom stereocenters. The maximum atomic E-state index is 9.25. The number of hydrogen-bond acceptors (Lipinski definition) is 4. The van der Waals surface area contributed by atoms with Crippen molar-refractivity contribution in [2.24, 2.45) is 0 Å². The molecule has 1 aromatic heterocycles. The maximum Gasteiger partial charge on any atom is 0.129 e. The van der Waals surface area contributed by atoms with Gasteiger partial charge in [-0.25, -0.2) is 0 Å². The molecule has 0 unspecified atom stereocenters. The van der Waals surface area contributed by atoms with E-state index < -0.39 is 0 Å².